The lowest BCUT2D eigenvalue weighted by Crippen LogP contribution is -2.13. The Morgan fingerprint density at radius 1 is 1.19 bits per heavy atom. The summed E-state index contributed by atoms with van der Waals surface area (Å²) in [5, 5.41) is 0. The number of carbonyl (C=O) groups is 1. The van der Waals surface area contributed by atoms with E-state index in [-0.39, 0.29) is 11.1 Å². The third-order valence-corrected chi connectivity index (χ3v) is 2.95. The van der Waals surface area contributed by atoms with Crippen LogP contribution in [0.1, 0.15) is 23.7 Å². The molecule has 0 atom stereocenters. The van der Waals surface area contributed by atoms with Gasteiger partial charge in [0.05, 0.1) is 12.2 Å². The zero-order valence-corrected chi connectivity index (χ0v) is 11.5. The van der Waals surface area contributed by atoms with Crippen molar-refractivity contribution >= 4 is 5.91 Å². The van der Waals surface area contributed by atoms with E-state index in [1.807, 2.05) is 6.92 Å². The first-order chi connectivity index (χ1) is 10.0. The molecule has 2 rings (SSSR count). The third kappa shape index (κ3) is 3.37. The first-order valence-electron chi connectivity index (χ1n) is 6.55. The molecule has 0 heterocycles. The molecule has 2 aromatic carbocycles. The van der Waals surface area contributed by atoms with Crippen molar-refractivity contribution in [2.24, 2.45) is 5.73 Å². The molecule has 110 valence electrons. The summed E-state index contributed by atoms with van der Waals surface area (Å²) in [5.41, 5.74) is 5.89. The number of hydrogen-bond donors (Lipinski definition) is 1. The third-order valence-electron chi connectivity index (χ3n) is 2.95. The highest BCUT2D eigenvalue weighted by atomic mass is 19.1. The molecule has 0 aliphatic carbocycles. The summed E-state index contributed by atoms with van der Waals surface area (Å²) in [5.74, 6) is -1.47. The first-order valence-corrected chi connectivity index (χ1v) is 6.55. The van der Waals surface area contributed by atoms with Crippen LogP contribution in [0.25, 0.3) is 11.1 Å². The average Bonchev–Trinajstić information content (AvgIpc) is 2.47. The number of hydrogen-bond acceptors (Lipinski definition) is 2. The molecule has 0 bridgehead atoms. The van der Waals surface area contributed by atoms with Crippen molar-refractivity contribution in [2.75, 3.05) is 6.61 Å². The van der Waals surface area contributed by atoms with Gasteiger partial charge in [-0.3, -0.25) is 4.79 Å². The van der Waals surface area contributed by atoms with Crippen LogP contribution in [-0.4, -0.2) is 12.5 Å². The van der Waals surface area contributed by atoms with Gasteiger partial charge in [0.15, 0.2) is 0 Å². The molecule has 21 heavy (non-hydrogen) atoms. The smallest absolute Gasteiger partial charge is 0.252 e. The summed E-state index contributed by atoms with van der Waals surface area (Å²) in [6.45, 7) is 2.37. The van der Waals surface area contributed by atoms with Gasteiger partial charge in [-0.05, 0) is 42.3 Å². The predicted octanol–water partition coefficient (Wildman–Crippen LogP) is 3.52. The second kappa shape index (κ2) is 6.35. The minimum Gasteiger partial charge on any atom is -0.493 e. The Bertz CT molecular complexity index is 671. The van der Waals surface area contributed by atoms with Crippen LogP contribution in [0.3, 0.4) is 0 Å². The lowest BCUT2D eigenvalue weighted by atomic mass is 10.0. The van der Waals surface area contributed by atoms with Gasteiger partial charge in [0.2, 0.25) is 0 Å². The van der Waals surface area contributed by atoms with E-state index in [1.54, 1.807) is 6.07 Å². The van der Waals surface area contributed by atoms with Crippen molar-refractivity contribution in [2.45, 2.75) is 13.3 Å². The number of primary amides is 1. The van der Waals surface area contributed by atoms with E-state index in [2.05, 4.69) is 0 Å². The van der Waals surface area contributed by atoms with Gasteiger partial charge in [-0.15, -0.1) is 0 Å². The van der Waals surface area contributed by atoms with Crippen molar-refractivity contribution in [3.63, 3.8) is 0 Å². The molecule has 5 heteroatoms. The molecule has 0 unspecified atom stereocenters. The van der Waals surface area contributed by atoms with Crippen LogP contribution in [-0.2, 0) is 0 Å². The van der Waals surface area contributed by atoms with E-state index in [0.717, 1.165) is 24.6 Å². The van der Waals surface area contributed by atoms with Crippen LogP contribution < -0.4 is 10.5 Å². The lowest BCUT2D eigenvalue weighted by molar-refractivity contribution is 0.0996. The van der Waals surface area contributed by atoms with E-state index in [4.69, 9.17) is 10.5 Å². The van der Waals surface area contributed by atoms with Crippen LogP contribution in [0.4, 0.5) is 8.78 Å². The molecular formula is C16H15F2NO2. The predicted molar refractivity (Wildman–Crippen MR) is 76.1 cm³/mol. The molecule has 2 aromatic rings. The number of ether oxygens (including phenoxy) is 1. The fraction of sp³-hybridized carbons (Fsp3) is 0.188. The van der Waals surface area contributed by atoms with Crippen LogP contribution in [0.15, 0.2) is 36.4 Å². The minimum absolute atomic E-state index is 0.0690. The topological polar surface area (TPSA) is 52.3 Å². The standard InChI is InChI=1S/C16H15F2NO2/c1-2-7-21-15-6-3-10(8-13(15)16(19)20)12-9-11(17)4-5-14(12)18/h3-6,8-9H,2,7H2,1H3,(H2,19,20). The summed E-state index contributed by atoms with van der Waals surface area (Å²) in [4.78, 5) is 11.5. The summed E-state index contributed by atoms with van der Waals surface area (Å²) < 4.78 is 32.5. The molecule has 0 aliphatic rings. The number of amides is 1. The maximum absolute atomic E-state index is 13.8. The zero-order valence-electron chi connectivity index (χ0n) is 11.5. The summed E-state index contributed by atoms with van der Waals surface area (Å²) in [7, 11) is 0. The van der Waals surface area contributed by atoms with Crippen LogP contribution in [0.2, 0.25) is 0 Å². The van der Waals surface area contributed by atoms with Gasteiger partial charge < -0.3 is 10.5 Å². The second-order valence-electron chi connectivity index (χ2n) is 4.55. The number of nitrogens with two attached hydrogens (primary N) is 1. The Morgan fingerprint density at radius 3 is 2.62 bits per heavy atom. The summed E-state index contributed by atoms with van der Waals surface area (Å²) in [6, 6.07) is 7.65. The van der Waals surface area contributed by atoms with E-state index in [9.17, 15) is 13.6 Å². The highest BCUT2D eigenvalue weighted by Gasteiger charge is 2.14. The maximum atomic E-state index is 13.8. The molecule has 0 aliphatic heterocycles. The number of carbonyl (C=O) groups excluding carboxylic acids is 1. The van der Waals surface area contributed by atoms with Gasteiger partial charge in [-0.1, -0.05) is 13.0 Å². The van der Waals surface area contributed by atoms with E-state index in [1.165, 1.54) is 12.1 Å². The number of benzene rings is 2. The van der Waals surface area contributed by atoms with Gasteiger partial charge in [0, 0.05) is 5.56 Å². The monoisotopic (exact) mass is 291 g/mol. The normalized spacial score (nSPS) is 10.4. The first kappa shape index (κ1) is 15.0. The van der Waals surface area contributed by atoms with Gasteiger partial charge in [-0.25, -0.2) is 8.78 Å². The average molecular weight is 291 g/mol. The molecule has 0 radical (unpaired) electrons. The van der Waals surface area contributed by atoms with E-state index >= 15 is 0 Å². The number of rotatable bonds is 5. The van der Waals surface area contributed by atoms with Crippen molar-refractivity contribution in [1.82, 2.24) is 0 Å². The highest BCUT2D eigenvalue weighted by molar-refractivity contribution is 5.97. The fourth-order valence-corrected chi connectivity index (χ4v) is 1.95. The van der Waals surface area contributed by atoms with Crippen LogP contribution in [0.5, 0.6) is 5.75 Å². The molecule has 1 amide bonds. The Kier molecular flexibility index (Phi) is 4.52. The molecule has 0 spiro atoms. The molecule has 0 saturated carbocycles. The minimum atomic E-state index is -0.681. The Hall–Kier alpha value is -2.43. The van der Waals surface area contributed by atoms with Gasteiger partial charge in [0.1, 0.15) is 17.4 Å². The maximum Gasteiger partial charge on any atom is 0.252 e. The summed E-state index contributed by atoms with van der Waals surface area (Å²) >= 11 is 0. The van der Waals surface area contributed by atoms with E-state index in [0.29, 0.717) is 17.9 Å². The Morgan fingerprint density at radius 2 is 1.95 bits per heavy atom. The van der Waals surface area contributed by atoms with Crippen LogP contribution in [0, 0.1) is 11.6 Å². The Balaban J connectivity index is 2.49. The van der Waals surface area contributed by atoms with Crippen molar-refractivity contribution < 1.29 is 18.3 Å². The number of halogens is 2. The molecule has 0 saturated heterocycles. The van der Waals surface area contributed by atoms with Crippen molar-refractivity contribution in [3.05, 3.63) is 53.6 Å². The SMILES string of the molecule is CCCOc1ccc(-c2cc(F)ccc2F)cc1C(N)=O. The zero-order chi connectivity index (χ0) is 15.4. The molecule has 2 N–H and O–H groups in total. The van der Waals surface area contributed by atoms with Crippen LogP contribution >= 0.6 is 0 Å². The fourth-order valence-electron chi connectivity index (χ4n) is 1.95. The van der Waals surface area contributed by atoms with Crippen molar-refractivity contribution in [1.29, 1.82) is 0 Å². The highest BCUT2D eigenvalue weighted by Crippen LogP contribution is 2.29. The summed E-state index contributed by atoms with van der Waals surface area (Å²) in [6.07, 6.45) is 0.776. The van der Waals surface area contributed by atoms with Crippen molar-refractivity contribution in [3.8, 4) is 16.9 Å². The molecule has 0 fully saturated rings. The molecule has 3 nitrogen and oxygen atoms in total. The Labute approximate surface area is 121 Å². The van der Waals surface area contributed by atoms with Gasteiger partial charge in [0.25, 0.3) is 5.91 Å². The lowest BCUT2D eigenvalue weighted by Gasteiger charge is -2.11. The van der Waals surface area contributed by atoms with E-state index < -0.39 is 17.5 Å². The molecule has 0 aromatic heterocycles. The second-order valence-corrected chi connectivity index (χ2v) is 4.55. The quantitative estimate of drug-likeness (QED) is 0.916. The van der Waals surface area contributed by atoms with Gasteiger partial charge >= 0.3 is 0 Å². The largest absolute Gasteiger partial charge is 0.493 e. The molecular weight excluding hydrogens is 276 g/mol. The van der Waals surface area contributed by atoms with Gasteiger partial charge in [-0.2, -0.15) is 0 Å².